The molecule has 0 aliphatic rings. The second-order valence-electron chi connectivity index (χ2n) is 3.56. The van der Waals surface area contributed by atoms with Crippen LogP contribution < -0.4 is 10.5 Å². The summed E-state index contributed by atoms with van der Waals surface area (Å²) in [6.45, 7) is 1.93. The molecular formula is C12H14N2O2S. The average molecular weight is 250 g/mol. The molecule has 0 aliphatic carbocycles. The quantitative estimate of drug-likeness (QED) is 0.904. The topological polar surface area (TPSA) is 61.3 Å². The van der Waals surface area contributed by atoms with Crippen molar-refractivity contribution >= 4 is 11.8 Å². The molecule has 0 fully saturated rings. The van der Waals surface area contributed by atoms with Crippen molar-refractivity contribution in [3.8, 4) is 5.75 Å². The monoisotopic (exact) mass is 250 g/mol. The first-order valence-corrected chi connectivity index (χ1v) is 6.04. The number of methoxy groups -OCH3 is 1. The Morgan fingerprint density at radius 1 is 1.47 bits per heavy atom. The van der Waals surface area contributed by atoms with Gasteiger partial charge < -0.3 is 14.9 Å². The summed E-state index contributed by atoms with van der Waals surface area (Å²) in [4.78, 5) is 5.08. The Kier molecular flexibility index (Phi) is 3.71. The van der Waals surface area contributed by atoms with E-state index in [-0.39, 0.29) is 6.04 Å². The first-order chi connectivity index (χ1) is 8.22. The van der Waals surface area contributed by atoms with E-state index >= 15 is 0 Å². The molecule has 0 aliphatic heterocycles. The lowest BCUT2D eigenvalue weighted by molar-refractivity contribution is 0.405. The molecule has 5 heteroatoms. The molecule has 17 heavy (non-hydrogen) atoms. The van der Waals surface area contributed by atoms with Gasteiger partial charge in [-0.3, -0.25) is 0 Å². The number of hydrogen-bond donors (Lipinski definition) is 1. The van der Waals surface area contributed by atoms with E-state index < -0.39 is 0 Å². The summed E-state index contributed by atoms with van der Waals surface area (Å²) in [5.41, 5.74) is 6.95. The van der Waals surface area contributed by atoms with E-state index in [0.29, 0.717) is 5.22 Å². The van der Waals surface area contributed by atoms with Gasteiger partial charge in [0.2, 0.25) is 0 Å². The SMILES string of the molecule is COc1cccc(Sc2ncco2)c1[C@@H](C)N. The number of oxazole rings is 1. The minimum Gasteiger partial charge on any atom is -0.496 e. The molecular weight excluding hydrogens is 236 g/mol. The summed E-state index contributed by atoms with van der Waals surface area (Å²) < 4.78 is 10.5. The van der Waals surface area contributed by atoms with Crippen molar-refractivity contribution in [2.75, 3.05) is 7.11 Å². The summed E-state index contributed by atoms with van der Waals surface area (Å²) in [6, 6.07) is 5.70. The van der Waals surface area contributed by atoms with Crippen LogP contribution in [0.1, 0.15) is 18.5 Å². The van der Waals surface area contributed by atoms with E-state index in [1.807, 2.05) is 25.1 Å². The van der Waals surface area contributed by atoms with Crippen molar-refractivity contribution in [1.29, 1.82) is 0 Å². The van der Waals surface area contributed by atoms with Gasteiger partial charge in [-0.05, 0) is 30.8 Å². The van der Waals surface area contributed by atoms with Crippen molar-refractivity contribution in [3.63, 3.8) is 0 Å². The van der Waals surface area contributed by atoms with Gasteiger partial charge in [-0.15, -0.1) is 0 Å². The molecule has 2 aromatic rings. The van der Waals surface area contributed by atoms with Gasteiger partial charge in [0.15, 0.2) is 0 Å². The molecule has 0 unspecified atom stereocenters. The van der Waals surface area contributed by atoms with Crippen molar-refractivity contribution in [3.05, 3.63) is 36.2 Å². The standard InChI is InChI=1S/C12H14N2O2S/c1-8(13)11-9(15-2)4-3-5-10(11)17-12-14-6-7-16-12/h3-8H,13H2,1-2H3/t8-/m1/s1. The van der Waals surface area contributed by atoms with Crippen LogP contribution in [0.2, 0.25) is 0 Å². The Balaban J connectivity index is 2.39. The van der Waals surface area contributed by atoms with Crippen LogP contribution in [0.3, 0.4) is 0 Å². The Hall–Kier alpha value is -1.46. The molecule has 0 saturated heterocycles. The fraction of sp³-hybridized carbons (Fsp3) is 0.250. The Morgan fingerprint density at radius 3 is 2.88 bits per heavy atom. The van der Waals surface area contributed by atoms with Crippen molar-refractivity contribution < 1.29 is 9.15 Å². The van der Waals surface area contributed by atoms with E-state index in [1.54, 1.807) is 19.6 Å². The Bertz CT molecular complexity index is 483. The van der Waals surface area contributed by atoms with Gasteiger partial charge in [0, 0.05) is 16.5 Å². The molecule has 4 nitrogen and oxygen atoms in total. The lowest BCUT2D eigenvalue weighted by atomic mass is 10.1. The lowest BCUT2D eigenvalue weighted by Gasteiger charge is -2.15. The third kappa shape index (κ3) is 2.62. The van der Waals surface area contributed by atoms with Crippen molar-refractivity contribution in [2.24, 2.45) is 5.73 Å². The predicted octanol–water partition coefficient (Wildman–Crippen LogP) is 2.85. The fourth-order valence-electron chi connectivity index (χ4n) is 1.59. The van der Waals surface area contributed by atoms with Gasteiger partial charge in [0.1, 0.15) is 12.0 Å². The first kappa shape index (κ1) is 12.0. The second-order valence-corrected chi connectivity index (χ2v) is 4.55. The normalized spacial score (nSPS) is 12.4. The highest BCUT2D eigenvalue weighted by molar-refractivity contribution is 7.99. The van der Waals surface area contributed by atoms with Gasteiger partial charge in [-0.1, -0.05) is 6.07 Å². The van der Waals surface area contributed by atoms with Gasteiger partial charge in [0.25, 0.3) is 5.22 Å². The summed E-state index contributed by atoms with van der Waals surface area (Å²) in [5, 5.41) is 0.597. The molecule has 1 aromatic carbocycles. The maximum atomic E-state index is 5.98. The van der Waals surface area contributed by atoms with E-state index in [9.17, 15) is 0 Å². The van der Waals surface area contributed by atoms with Crippen LogP contribution >= 0.6 is 11.8 Å². The maximum Gasteiger partial charge on any atom is 0.260 e. The number of nitrogens with two attached hydrogens (primary N) is 1. The van der Waals surface area contributed by atoms with Crippen molar-refractivity contribution in [2.45, 2.75) is 23.1 Å². The molecule has 0 spiro atoms. The predicted molar refractivity (Wildman–Crippen MR) is 66.2 cm³/mol. The van der Waals surface area contributed by atoms with Crippen LogP contribution in [0.5, 0.6) is 5.75 Å². The van der Waals surface area contributed by atoms with E-state index in [2.05, 4.69) is 4.98 Å². The van der Waals surface area contributed by atoms with Crippen LogP contribution in [-0.2, 0) is 0 Å². The number of rotatable bonds is 4. The van der Waals surface area contributed by atoms with Crippen LogP contribution in [0.25, 0.3) is 0 Å². The fourth-order valence-corrected chi connectivity index (χ4v) is 2.54. The zero-order valence-corrected chi connectivity index (χ0v) is 10.5. The summed E-state index contributed by atoms with van der Waals surface area (Å²) in [5.74, 6) is 0.788. The number of nitrogens with zero attached hydrogens (tertiary/aromatic N) is 1. The van der Waals surface area contributed by atoms with E-state index in [0.717, 1.165) is 16.2 Å². The zero-order valence-electron chi connectivity index (χ0n) is 9.71. The Morgan fingerprint density at radius 2 is 2.29 bits per heavy atom. The third-order valence-corrected chi connectivity index (χ3v) is 3.26. The number of ether oxygens (including phenoxy) is 1. The largest absolute Gasteiger partial charge is 0.496 e. The first-order valence-electron chi connectivity index (χ1n) is 5.22. The minimum atomic E-state index is -0.108. The van der Waals surface area contributed by atoms with Crippen LogP contribution in [0, 0.1) is 0 Å². The molecule has 0 radical (unpaired) electrons. The molecule has 1 aromatic heterocycles. The highest BCUT2D eigenvalue weighted by Gasteiger charge is 2.15. The molecule has 0 amide bonds. The zero-order chi connectivity index (χ0) is 12.3. The molecule has 2 N–H and O–H groups in total. The summed E-state index contributed by atoms with van der Waals surface area (Å²) >= 11 is 1.44. The number of aromatic nitrogens is 1. The van der Waals surface area contributed by atoms with Gasteiger partial charge >= 0.3 is 0 Å². The van der Waals surface area contributed by atoms with Crippen molar-refractivity contribution in [1.82, 2.24) is 4.98 Å². The van der Waals surface area contributed by atoms with Crippen LogP contribution in [-0.4, -0.2) is 12.1 Å². The molecule has 0 saturated carbocycles. The highest BCUT2D eigenvalue weighted by Crippen LogP contribution is 2.36. The maximum absolute atomic E-state index is 5.98. The average Bonchev–Trinajstić information content (AvgIpc) is 2.81. The van der Waals surface area contributed by atoms with Gasteiger partial charge in [0.05, 0.1) is 13.3 Å². The summed E-state index contributed by atoms with van der Waals surface area (Å²) in [6.07, 6.45) is 3.17. The number of hydrogen-bond acceptors (Lipinski definition) is 5. The molecule has 0 bridgehead atoms. The van der Waals surface area contributed by atoms with E-state index in [4.69, 9.17) is 14.9 Å². The van der Waals surface area contributed by atoms with E-state index in [1.165, 1.54) is 11.8 Å². The highest BCUT2D eigenvalue weighted by atomic mass is 32.2. The molecule has 2 rings (SSSR count). The van der Waals surface area contributed by atoms with Gasteiger partial charge in [-0.25, -0.2) is 4.98 Å². The lowest BCUT2D eigenvalue weighted by Crippen LogP contribution is -2.08. The Labute approximate surface area is 104 Å². The summed E-state index contributed by atoms with van der Waals surface area (Å²) in [7, 11) is 1.64. The third-order valence-electron chi connectivity index (χ3n) is 2.31. The molecule has 1 heterocycles. The van der Waals surface area contributed by atoms with Gasteiger partial charge in [-0.2, -0.15) is 0 Å². The number of benzene rings is 1. The minimum absolute atomic E-state index is 0.108. The molecule has 90 valence electrons. The smallest absolute Gasteiger partial charge is 0.260 e. The second kappa shape index (κ2) is 5.25. The van der Waals surface area contributed by atoms with Crippen LogP contribution in [0.15, 0.2) is 45.2 Å². The van der Waals surface area contributed by atoms with Crippen LogP contribution in [0.4, 0.5) is 0 Å². The molecule has 1 atom stereocenters.